The quantitative estimate of drug-likeness (QED) is 0.362. The Labute approximate surface area is 231 Å². The normalized spacial score (nSPS) is 25.1. The number of amides is 2. The van der Waals surface area contributed by atoms with Crippen molar-refractivity contribution < 1.29 is 36.6 Å². The molecule has 3 N–H and O–H groups in total. The molecule has 0 spiro atoms. The van der Waals surface area contributed by atoms with E-state index in [1.54, 1.807) is 4.90 Å². The van der Waals surface area contributed by atoms with Crippen LogP contribution in [0.15, 0.2) is 12.3 Å². The minimum absolute atomic E-state index is 0.00517. The number of halogens is 5. The van der Waals surface area contributed by atoms with Crippen LogP contribution in [0.25, 0.3) is 10.4 Å². The predicted octanol–water partition coefficient (Wildman–Crippen LogP) is 5.31. The molecular formula is C26H30F5N5O3S. The largest absolute Gasteiger partial charge is 0.408 e. The van der Waals surface area contributed by atoms with Crippen LogP contribution in [-0.4, -0.2) is 68.2 Å². The van der Waals surface area contributed by atoms with E-state index in [2.05, 4.69) is 20.6 Å². The van der Waals surface area contributed by atoms with Crippen LogP contribution in [0.4, 0.5) is 27.8 Å². The Morgan fingerprint density at radius 2 is 1.82 bits per heavy atom. The van der Waals surface area contributed by atoms with Crippen LogP contribution in [0, 0.1) is 0 Å². The molecule has 40 heavy (non-hydrogen) atoms. The van der Waals surface area contributed by atoms with Gasteiger partial charge in [0.25, 0.3) is 18.2 Å². The molecule has 2 bridgehead atoms. The van der Waals surface area contributed by atoms with Gasteiger partial charge in [0.2, 0.25) is 0 Å². The lowest BCUT2D eigenvalue weighted by Crippen LogP contribution is -2.40. The summed E-state index contributed by atoms with van der Waals surface area (Å²) in [5, 5.41) is 14.9. The number of aliphatic hydroxyl groups excluding tert-OH is 1. The summed E-state index contributed by atoms with van der Waals surface area (Å²) in [7, 11) is 0. The molecule has 5 rings (SSSR count). The molecule has 0 unspecified atom stereocenters. The van der Waals surface area contributed by atoms with Gasteiger partial charge in [0, 0.05) is 29.4 Å². The first-order valence-electron chi connectivity index (χ1n) is 13.4. The van der Waals surface area contributed by atoms with Crippen molar-refractivity contribution in [1.29, 1.82) is 0 Å². The number of fused-ring (bicyclic) bond motifs is 2. The zero-order chi connectivity index (χ0) is 28.8. The van der Waals surface area contributed by atoms with Gasteiger partial charge in [-0.25, -0.2) is 18.7 Å². The van der Waals surface area contributed by atoms with Crippen molar-refractivity contribution in [3.8, 4) is 10.4 Å². The summed E-state index contributed by atoms with van der Waals surface area (Å²) in [6.07, 6.45) is -2.65. The molecule has 2 aromatic rings. The first kappa shape index (κ1) is 28.7. The Hall–Kier alpha value is -2.87. The highest BCUT2D eigenvalue weighted by molar-refractivity contribution is 7.17. The maximum atomic E-state index is 14.3. The van der Waals surface area contributed by atoms with Gasteiger partial charge in [-0.2, -0.15) is 13.2 Å². The molecule has 0 aromatic carbocycles. The molecule has 218 valence electrons. The standard InChI is InChI=1S/C26H30F5N5O3S/c1-2-18(26(29,30)31)34-19-10-14(22(27)28)15(11-32-19)21-20(25(39)36-12-6-7-13(36)9-8-12)35-24(40-21)23(38)33-16-4-3-5-17(16)37/h10-13,16-18,22,37H,2-9H2,1H3,(H,32,34)(H,33,38)/t12?,13?,16-,17-,18+/m1/s1. The van der Waals surface area contributed by atoms with Crippen LogP contribution in [0.5, 0.6) is 0 Å². The zero-order valence-electron chi connectivity index (χ0n) is 21.7. The van der Waals surface area contributed by atoms with Gasteiger partial charge < -0.3 is 20.6 Å². The van der Waals surface area contributed by atoms with Crippen molar-refractivity contribution in [1.82, 2.24) is 20.2 Å². The van der Waals surface area contributed by atoms with E-state index in [0.717, 1.165) is 55.7 Å². The van der Waals surface area contributed by atoms with E-state index in [9.17, 15) is 36.6 Å². The molecule has 1 saturated carbocycles. The van der Waals surface area contributed by atoms with Crippen molar-refractivity contribution in [3.63, 3.8) is 0 Å². The van der Waals surface area contributed by atoms with E-state index in [1.807, 2.05) is 0 Å². The number of thiazole rings is 1. The highest BCUT2D eigenvalue weighted by Crippen LogP contribution is 2.42. The van der Waals surface area contributed by atoms with Crippen molar-refractivity contribution >= 4 is 29.0 Å². The number of carbonyl (C=O) groups is 2. The van der Waals surface area contributed by atoms with Gasteiger partial charge in [-0.15, -0.1) is 11.3 Å². The third-order valence-electron chi connectivity index (χ3n) is 8.05. The molecule has 3 fully saturated rings. The lowest BCUT2D eigenvalue weighted by Gasteiger charge is -2.22. The average Bonchev–Trinajstić information content (AvgIpc) is 3.70. The van der Waals surface area contributed by atoms with Crippen LogP contribution in [0.1, 0.15) is 90.6 Å². The summed E-state index contributed by atoms with van der Waals surface area (Å²) in [4.78, 5) is 36.8. The summed E-state index contributed by atoms with van der Waals surface area (Å²) < 4.78 is 68.4. The van der Waals surface area contributed by atoms with Gasteiger partial charge in [0.05, 0.1) is 17.0 Å². The van der Waals surface area contributed by atoms with E-state index in [1.165, 1.54) is 6.92 Å². The second-order valence-corrected chi connectivity index (χ2v) is 11.6. The molecule has 3 aliphatic rings. The number of carbonyl (C=O) groups excluding carboxylic acids is 2. The number of nitrogens with zero attached hydrogens (tertiary/aromatic N) is 3. The molecule has 0 radical (unpaired) electrons. The van der Waals surface area contributed by atoms with E-state index in [0.29, 0.717) is 12.8 Å². The molecular weight excluding hydrogens is 557 g/mol. The molecule has 2 aliphatic heterocycles. The van der Waals surface area contributed by atoms with E-state index >= 15 is 0 Å². The van der Waals surface area contributed by atoms with Gasteiger partial charge in [0.1, 0.15) is 17.6 Å². The minimum atomic E-state index is -4.61. The maximum absolute atomic E-state index is 14.3. The van der Waals surface area contributed by atoms with Gasteiger partial charge in [-0.05, 0) is 57.4 Å². The maximum Gasteiger partial charge on any atom is 0.408 e. The lowest BCUT2D eigenvalue weighted by atomic mass is 10.0. The summed E-state index contributed by atoms with van der Waals surface area (Å²) in [5.74, 6) is -1.49. The Morgan fingerprint density at radius 3 is 2.38 bits per heavy atom. The molecule has 8 nitrogen and oxygen atoms in total. The first-order chi connectivity index (χ1) is 19.0. The van der Waals surface area contributed by atoms with Gasteiger partial charge in [0.15, 0.2) is 5.01 Å². The summed E-state index contributed by atoms with van der Waals surface area (Å²) in [6, 6.07) is -1.62. The fourth-order valence-electron chi connectivity index (χ4n) is 5.96. The fraction of sp³-hybridized carbons (Fsp3) is 0.615. The lowest BCUT2D eigenvalue weighted by molar-refractivity contribution is -0.142. The molecule has 1 aliphatic carbocycles. The van der Waals surface area contributed by atoms with Gasteiger partial charge >= 0.3 is 6.18 Å². The number of anilines is 1. The minimum Gasteiger partial charge on any atom is -0.391 e. The number of alkyl halides is 5. The topological polar surface area (TPSA) is 107 Å². The second kappa shape index (κ2) is 11.2. The van der Waals surface area contributed by atoms with E-state index in [4.69, 9.17) is 0 Å². The highest BCUT2D eigenvalue weighted by atomic mass is 32.1. The third-order valence-corrected chi connectivity index (χ3v) is 9.14. The summed E-state index contributed by atoms with van der Waals surface area (Å²) >= 11 is 0.749. The van der Waals surface area contributed by atoms with Crippen LogP contribution in [0.3, 0.4) is 0 Å². The number of nitrogens with one attached hydrogen (secondary N) is 2. The average molecular weight is 588 g/mol. The van der Waals surface area contributed by atoms with E-state index in [-0.39, 0.29) is 45.5 Å². The molecule has 2 amide bonds. The Morgan fingerprint density at radius 1 is 1.15 bits per heavy atom. The summed E-state index contributed by atoms with van der Waals surface area (Å²) in [6.45, 7) is 1.31. The number of aliphatic hydroxyl groups is 1. The van der Waals surface area contributed by atoms with E-state index < -0.39 is 48.2 Å². The monoisotopic (exact) mass is 587 g/mol. The SMILES string of the molecule is CC[C@H](Nc1cc(C(F)F)c(-c2sc(C(=O)N[C@@H]3CCC[C@H]3O)nc2C(=O)N2C3CCC2CC3)cn1)C(F)(F)F. The van der Waals surface area contributed by atoms with Crippen LogP contribution in [0.2, 0.25) is 0 Å². The van der Waals surface area contributed by atoms with Crippen molar-refractivity contribution in [2.24, 2.45) is 0 Å². The predicted molar refractivity (Wildman–Crippen MR) is 137 cm³/mol. The number of hydrogen-bond acceptors (Lipinski definition) is 7. The number of aromatic nitrogens is 2. The van der Waals surface area contributed by atoms with Crippen LogP contribution in [-0.2, 0) is 0 Å². The number of pyridine rings is 1. The van der Waals surface area contributed by atoms with Crippen LogP contribution < -0.4 is 10.6 Å². The first-order valence-corrected chi connectivity index (χ1v) is 14.2. The van der Waals surface area contributed by atoms with Gasteiger partial charge in [-0.1, -0.05) is 6.92 Å². The Bertz CT molecular complexity index is 1250. The molecule has 2 aromatic heterocycles. The second-order valence-electron chi connectivity index (χ2n) is 10.6. The number of hydrogen-bond donors (Lipinski definition) is 3. The van der Waals surface area contributed by atoms with Gasteiger partial charge in [-0.3, -0.25) is 9.59 Å². The Balaban J connectivity index is 1.53. The molecule has 3 atom stereocenters. The van der Waals surface area contributed by atoms with Crippen molar-refractivity contribution in [3.05, 3.63) is 28.5 Å². The zero-order valence-corrected chi connectivity index (χ0v) is 22.5. The van der Waals surface area contributed by atoms with Crippen molar-refractivity contribution in [2.45, 2.75) is 101 Å². The Kier molecular flexibility index (Phi) is 8.01. The highest BCUT2D eigenvalue weighted by Gasteiger charge is 2.44. The number of rotatable bonds is 8. The summed E-state index contributed by atoms with van der Waals surface area (Å²) in [5.41, 5.74) is -0.963. The fourth-order valence-corrected chi connectivity index (χ4v) is 6.96. The van der Waals surface area contributed by atoms with Crippen LogP contribution >= 0.6 is 11.3 Å². The van der Waals surface area contributed by atoms with Crippen molar-refractivity contribution in [2.75, 3.05) is 5.32 Å². The molecule has 2 saturated heterocycles. The molecule has 14 heteroatoms. The smallest absolute Gasteiger partial charge is 0.391 e. The molecule has 4 heterocycles. The third kappa shape index (κ3) is 5.52.